The van der Waals surface area contributed by atoms with Gasteiger partial charge in [-0.25, -0.2) is 4.98 Å². The van der Waals surface area contributed by atoms with Gasteiger partial charge in [-0.3, -0.25) is 3.97 Å². The van der Waals surface area contributed by atoms with E-state index in [2.05, 4.69) is 16.6 Å². The minimum absolute atomic E-state index is 0.413. The van der Waals surface area contributed by atoms with Crippen LogP contribution in [-0.2, 0) is 0 Å². The first-order valence-electron chi connectivity index (χ1n) is 2.13. The maximum atomic E-state index is 8.29. The largest absolute Gasteiger partial charge is 0.270 e. The second-order valence-electron chi connectivity index (χ2n) is 1.31. The lowest BCUT2D eigenvalue weighted by Gasteiger charge is -1.85. The van der Waals surface area contributed by atoms with E-state index in [0.29, 0.717) is 5.69 Å². The number of imidazole rings is 1. The average Bonchev–Trinajstić information content (AvgIpc) is 2.34. The quantitative estimate of drug-likeness (QED) is 0.490. The van der Waals surface area contributed by atoms with E-state index in [1.165, 1.54) is 17.3 Å². The van der Waals surface area contributed by atoms with E-state index in [9.17, 15) is 0 Å². The summed E-state index contributed by atoms with van der Waals surface area (Å²) >= 11 is 3.89. The smallest absolute Gasteiger partial charge is 0.159 e. The molecule has 1 rings (SSSR count). The molecule has 0 N–H and O–H groups in total. The summed E-state index contributed by atoms with van der Waals surface area (Å²) in [7, 11) is 1.20. The van der Waals surface area contributed by atoms with Crippen molar-refractivity contribution in [2.45, 2.75) is 0 Å². The molecule has 0 fully saturated rings. The van der Waals surface area contributed by atoms with Gasteiger partial charge < -0.3 is 0 Å². The van der Waals surface area contributed by atoms with E-state index >= 15 is 0 Å². The van der Waals surface area contributed by atoms with E-state index in [-0.39, 0.29) is 0 Å². The van der Waals surface area contributed by atoms with Crippen molar-refractivity contribution >= 4 is 22.6 Å². The molecule has 5 heteroatoms. The Morgan fingerprint density at radius 2 is 2.67 bits per heavy atom. The molecule has 0 amide bonds. The number of rotatable bonds is 1. The zero-order valence-electron chi connectivity index (χ0n) is 4.35. The van der Waals surface area contributed by atoms with Gasteiger partial charge in [0.25, 0.3) is 0 Å². The van der Waals surface area contributed by atoms with Gasteiger partial charge in [-0.05, 0) is 0 Å². The van der Waals surface area contributed by atoms with Crippen LogP contribution < -0.4 is 0 Å². The fraction of sp³-hybridized carbons (Fsp3) is 0. The van der Waals surface area contributed by atoms with E-state index in [4.69, 9.17) is 5.26 Å². The van der Waals surface area contributed by atoms with Crippen LogP contribution in [0, 0.1) is 11.3 Å². The first-order valence-corrected chi connectivity index (χ1v) is 3.95. The Morgan fingerprint density at radius 3 is 3.00 bits per heavy atom. The molecule has 0 aliphatic carbocycles. The van der Waals surface area contributed by atoms with Crippen molar-refractivity contribution < 1.29 is 0 Å². The Hall–Kier alpha value is -0.600. The number of nitrogens with zero attached hydrogens (tertiary/aromatic N) is 3. The molecule has 0 aliphatic rings. The molecule has 46 valence electrons. The Labute approximate surface area is 61.6 Å². The van der Waals surface area contributed by atoms with E-state index in [1.54, 1.807) is 10.2 Å². The number of aromatic nitrogens is 2. The van der Waals surface area contributed by atoms with Gasteiger partial charge in [0.2, 0.25) is 0 Å². The van der Waals surface area contributed by atoms with Gasteiger partial charge in [0, 0.05) is 11.0 Å². The van der Waals surface area contributed by atoms with Gasteiger partial charge in [-0.2, -0.15) is 5.26 Å². The summed E-state index contributed by atoms with van der Waals surface area (Å²) in [5, 5.41) is 8.29. The minimum atomic E-state index is 0.413. The van der Waals surface area contributed by atoms with Crippen molar-refractivity contribution in [2.24, 2.45) is 0 Å². The van der Waals surface area contributed by atoms with Gasteiger partial charge in [0.05, 0.1) is 6.20 Å². The van der Waals surface area contributed by atoms with Crippen LogP contribution >= 0.6 is 22.6 Å². The molecule has 0 unspecified atom stereocenters. The highest BCUT2D eigenvalue weighted by Gasteiger charge is 1.92. The lowest BCUT2D eigenvalue weighted by atomic mass is 10.6. The zero-order valence-corrected chi connectivity index (χ0v) is 6.06. The summed E-state index contributed by atoms with van der Waals surface area (Å²) in [6, 6.07) is 1.90. The van der Waals surface area contributed by atoms with Crippen molar-refractivity contribution in [3.63, 3.8) is 0 Å². The van der Waals surface area contributed by atoms with E-state index in [1.807, 2.05) is 6.07 Å². The van der Waals surface area contributed by atoms with Gasteiger partial charge in [0.15, 0.2) is 5.69 Å². The summed E-state index contributed by atoms with van der Waals surface area (Å²) in [6.07, 6.45) is 3.15. The molecule has 0 aromatic carbocycles. The Morgan fingerprint density at radius 1 is 1.89 bits per heavy atom. The first-order chi connectivity index (χ1) is 4.36. The van der Waals surface area contributed by atoms with E-state index < -0.39 is 0 Å². The standard InChI is InChI=1S/C4H3N3S2/c5-1-4-2-7(9-8)3-6-4/h2-3,8H. The number of thiol groups is 1. The lowest BCUT2D eigenvalue weighted by Crippen LogP contribution is -1.71. The predicted octanol–water partition coefficient (Wildman–Crippen LogP) is 1.10. The average molecular weight is 157 g/mol. The van der Waals surface area contributed by atoms with Crippen LogP contribution in [0.1, 0.15) is 5.69 Å². The molecule has 0 spiro atoms. The SMILES string of the molecule is N#Cc1cn(SS)cn1. The van der Waals surface area contributed by atoms with Crippen LogP contribution in [0.4, 0.5) is 0 Å². The van der Waals surface area contributed by atoms with Crippen molar-refractivity contribution in [3.8, 4) is 6.07 Å². The van der Waals surface area contributed by atoms with Gasteiger partial charge in [-0.1, -0.05) is 11.7 Å². The summed E-state index contributed by atoms with van der Waals surface area (Å²) in [5.74, 6) is 0. The molecular formula is C4H3N3S2. The van der Waals surface area contributed by atoms with Crippen LogP contribution in [0.5, 0.6) is 0 Å². The maximum absolute atomic E-state index is 8.29. The minimum Gasteiger partial charge on any atom is -0.270 e. The van der Waals surface area contributed by atoms with Crippen LogP contribution in [0.2, 0.25) is 0 Å². The molecular weight excluding hydrogens is 154 g/mol. The highest BCUT2D eigenvalue weighted by molar-refractivity contribution is 8.67. The fourth-order valence-electron chi connectivity index (χ4n) is 0.409. The molecule has 1 heterocycles. The zero-order chi connectivity index (χ0) is 6.69. The van der Waals surface area contributed by atoms with Crippen LogP contribution in [0.25, 0.3) is 0 Å². The Bertz CT molecular complexity index is 236. The molecule has 0 atom stereocenters. The molecule has 1 aromatic rings. The van der Waals surface area contributed by atoms with Gasteiger partial charge in [0.1, 0.15) is 12.4 Å². The second kappa shape index (κ2) is 2.80. The summed E-state index contributed by atoms with van der Waals surface area (Å²) in [4.78, 5) is 3.74. The van der Waals surface area contributed by atoms with E-state index in [0.717, 1.165) is 0 Å². The van der Waals surface area contributed by atoms with Crippen molar-refractivity contribution in [1.82, 2.24) is 8.96 Å². The summed E-state index contributed by atoms with van der Waals surface area (Å²) in [6.45, 7) is 0. The van der Waals surface area contributed by atoms with Gasteiger partial charge >= 0.3 is 0 Å². The van der Waals surface area contributed by atoms with Crippen molar-refractivity contribution in [1.29, 1.82) is 5.26 Å². The lowest BCUT2D eigenvalue weighted by molar-refractivity contribution is 1.24. The molecule has 0 bridgehead atoms. The molecule has 1 aromatic heterocycles. The molecule has 3 nitrogen and oxygen atoms in total. The molecule has 0 saturated carbocycles. The number of nitriles is 1. The topological polar surface area (TPSA) is 41.6 Å². The van der Waals surface area contributed by atoms with Crippen LogP contribution in [0.3, 0.4) is 0 Å². The monoisotopic (exact) mass is 157 g/mol. The predicted molar refractivity (Wildman–Crippen MR) is 38.9 cm³/mol. The molecule has 0 saturated heterocycles. The summed E-state index contributed by atoms with van der Waals surface area (Å²) in [5.41, 5.74) is 0.413. The Balaban J connectivity index is 2.90. The second-order valence-corrected chi connectivity index (χ2v) is 2.39. The third-order valence-corrected chi connectivity index (χ3v) is 1.72. The third-order valence-electron chi connectivity index (χ3n) is 0.769. The highest BCUT2D eigenvalue weighted by Crippen LogP contribution is 2.09. The first kappa shape index (κ1) is 6.52. The van der Waals surface area contributed by atoms with Crippen LogP contribution in [-0.4, -0.2) is 8.96 Å². The molecule has 0 radical (unpaired) electrons. The number of hydrogen-bond acceptors (Lipinski definition) is 4. The molecule has 9 heavy (non-hydrogen) atoms. The number of hydrogen-bond donors (Lipinski definition) is 1. The summed E-state index contributed by atoms with van der Waals surface area (Å²) < 4.78 is 1.64. The van der Waals surface area contributed by atoms with Crippen LogP contribution in [0.15, 0.2) is 12.5 Å². The highest BCUT2D eigenvalue weighted by atomic mass is 33.1. The normalized spacial score (nSPS) is 8.89. The van der Waals surface area contributed by atoms with Crippen molar-refractivity contribution in [3.05, 3.63) is 18.2 Å². The maximum Gasteiger partial charge on any atom is 0.159 e. The van der Waals surface area contributed by atoms with Crippen molar-refractivity contribution in [2.75, 3.05) is 0 Å². The fourth-order valence-corrected chi connectivity index (χ4v) is 0.913. The third kappa shape index (κ3) is 1.40. The molecule has 0 aliphatic heterocycles. The van der Waals surface area contributed by atoms with Gasteiger partial charge in [-0.15, -0.1) is 0 Å². The Kier molecular flexibility index (Phi) is 2.03.